The van der Waals surface area contributed by atoms with Gasteiger partial charge in [-0.25, -0.2) is 0 Å². The molecule has 2 heteroatoms. The molecule has 17 heavy (non-hydrogen) atoms. The Morgan fingerprint density at radius 3 is 2.06 bits per heavy atom. The fourth-order valence-electron chi connectivity index (χ4n) is 2.16. The molecule has 2 atom stereocenters. The van der Waals surface area contributed by atoms with Gasteiger partial charge in [-0.3, -0.25) is 0 Å². The molecule has 0 radical (unpaired) electrons. The van der Waals surface area contributed by atoms with E-state index in [4.69, 9.17) is 0 Å². The van der Waals surface area contributed by atoms with E-state index < -0.39 is 0 Å². The average molecular weight is 240 g/mol. The predicted molar refractivity (Wildman–Crippen MR) is 72.0 cm³/mol. The van der Waals surface area contributed by atoms with Gasteiger partial charge in [-0.15, -0.1) is 0 Å². The van der Waals surface area contributed by atoms with Gasteiger partial charge in [-0.2, -0.15) is 0 Å². The molecule has 0 spiro atoms. The number of aldehydes is 1. The molecule has 0 heterocycles. The summed E-state index contributed by atoms with van der Waals surface area (Å²) >= 11 is 0. The summed E-state index contributed by atoms with van der Waals surface area (Å²) < 4.78 is 0. The van der Waals surface area contributed by atoms with Crippen molar-refractivity contribution in [3.8, 4) is 0 Å². The summed E-state index contributed by atoms with van der Waals surface area (Å²) in [7, 11) is 0. The molecule has 0 amide bonds. The van der Waals surface area contributed by atoms with E-state index in [2.05, 4.69) is 13.8 Å². The van der Waals surface area contributed by atoms with Crippen molar-refractivity contribution in [3.05, 3.63) is 0 Å². The number of carbonyl (C=O) groups is 2. The Bertz CT molecular complexity index is 211. The Hall–Kier alpha value is -0.660. The van der Waals surface area contributed by atoms with Crippen LogP contribution in [0.3, 0.4) is 0 Å². The van der Waals surface area contributed by atoms with Gasteiger partial charge in [-0.05, 0) is 31.6 Å². The molecule has 0 aromatic rings. The molecule has 0 aliphatic heterocycles. The molecular formula is C15H28O2. The third-order valence-electron chi connectivity index (χ3n) is 3.40. The summed E-state index contributed by atoms with van der Waals surface area (Å²) in [5, 5.41) is 0. The molecule has 0 bridgehead atoms. The standard InChI is InChI=1S/C15H28O2/c1-13(9-5-11-15(3)17)7-4-8-14(2)10-6-12-16/h12-14H,4-11H2,1-3H3. The van der Waals surface area contributed by atoms with Gasteiger partial charge >= 0.3 is 0 Å². The molecule has 0 N–H and O–H groups in total. The zero-order valence-electron chi connectivity index (χ0n) is 11.7. The van der Waals surface area contributed by atoms with Crippen LogP contribution in [0.5, 0.6) is 0 Å². The van der Waals surface area contributed by atoms with Crippen LogP contribution < -0.4 is 0 Å². The van der Waals surface area contributed by atoms with Gasteiger partial charge in [0.2, 0.25) is 0 Å². The first-order valence-corrected chi connectivity index (χ1v) is 6.99. The fourth-order valence-corrected chi connectivity index (χ4v) is 2.16. The Morgan fingerprint density at radius 1 is 1.00 bits per heavy atom. The minimum Gasteiger partial charge on any atom is -0.303 e. The highest BCUT2D eigenvalue weighted by Gasteiger charge is 2.06. The fraction of sp³-hybridized carbons (Fsp3) is 0.867. The molecule has 0 aliphatic carbocycles. The van der Waals surface area contributed by atoms with Crippen molar-refractivity contribution in [2.45, 2.75) is 72.1 Å². The lowest BCUT2D eigenvalue weighted by atomic mass is 9.93. The van der Waals surface area contributed by atoms with Gasteiger partial charge in [0.25, 0.3) is 0 Å². The maximum absolute atomic E-state index is 10.8. The minimum absolute atomic E-state index is 0.305. The summed E-state index contributed by atoms with van der Waals surface area (Å²) in [6.07, 6.45) is 9.42. The van der Waals surface area contributed by atoms with E-state index in [1.807, 2.05) is 0 Å². The topological polar surface area (TPSA) is 34.1 Å². The average Bonchev–Trinajstić information content (AvgIpc) is 2.25. The molecule has 0 saturated carbocycles. The summed E-state index contributed by atoms with van der Waals surface area (Å²) in [5.41, 5.74) is 0. The second-order valence-electron chi connectivity index (χ2n) is 5.48. The first kappa shape index (κ1) is 16.3. The highest BCUT2D eigenvalue weighted by molar-refractivity contribution is 5.75. The first-order chi connectivity index (χ1) is 8.06. The maximum atomic E-state index is 10.8. The van der Waals surface area contributed by atoms with Crippen LogP contribution in [0.2, 0.25) is 0 Å². The lowest BCUT2D eigenvalue weighted by molar-refractivity contribution is -0.117. The second-order valence-corrected chi connectivity index (χ2v) is 5.48. The van der Waals surface area contributed by atoms with Crippen LogP contribution in [0.4, 0.5) is 0 Å². The largest absolute Gasteiger partial charge is 0.303 e. The van der Waals surface area contributed by atoms with E-state index >= 15 is 0 Å². The first-order valence-electron chi connectivity index (χ1n) is 6.99. The van der Waals surface area contributed by atoms with Crippen molar-refractivity contribution < 1.29 is 9.59 Å². The van der Waals surface area contributed by atoms with E-state index in [0.717, 1.165) is 31.5 Å². The molecule has 100 valence electrons. The Balaban J connectivity index is 3.40. The highest BCUT2D eigenvalue weighted by atomic mass is 16.1. The van der Waals surface area contributed by atoms with E-state index in [-0.39, 0.29) is 0 Å². The number of hydrogen-bond donors (Lipinski definition) is 0. The van der Waals surface area contributed by atoms with Crippen LogP contribution >= 0.6 is 0 Å². The number of Topliss-reactive ketones (excluding diaryl/α,β-unsaturated/α-hetero) is 1. The number of ketones is 1. The molecule has 0 fully saturated rings. The lowest BCUT2D eigenvalue weighted by Crippen LogP contribution is -2.00. The highest BCUT2D eigenvalue weighted by Crippen LogP contribution is 2.19. The van der Waals surface area contributed by atoms with Crippen LogP contribution in [-0.4, -0.2) is 12.1 Å². The number of rotatable bonds is 11. The zero-order valence-corrected chi connectivity index (χ0v) is 11.7. The van der Waals surface area contributed by atoms with Crippen molar-refractivity contribution >= 4 is 12.1 Å². The van der Waals surface area contributed by atoms with Gasteiger partial charge < -0.3 is 9.59 Å². The van der Waals surface area contributed by atoms with Gasteiger partial charge in [0, 0.05) is 12.8 Å². The van der Waals surface area contributed by atoms with Gasteiger partial charge in [0.15, 0.2) is 0 Å². The van der Waals surface area contributed by atoms with Crippen molar-refractivity contribution in [2.75, 3.05) is 0 Å². The van der Waals surface area contributed by atoms with Crippen LogP contribution in [-0.2, 0) is 9.59 Å². The van der Waals surface area contributed by atoms with E-state index in [9.17, 15) is 9.59 Å². The summed E-state index contributed by atoms with van der Waals surface area (Å²) in [6, 6.07) is 0. The molecule has 0 rings (SSSR count). The van der Waals surface area contributed by atoms with Crippen molar-refractivity contribution in [1.29, 1.82) is 0 Å². The molecule has 2 nitrogen and oxygen atoms in total. The van der Waals surface area contributed by atoms with E-state index in [1.54, 1.807) is 6.92 Å². The Morgan fingerprint density at radius 2 is 1.53 bits per heavy atom. The van der Waals surface area contributed by atoms with E-state index in [0.29, 0.717) is 18.1 Å². The smallest absolute Gasteiger partial charge is 0.129 e. The number of carbonyl (C=O) groups excluding carboxylic acids is 2. The Kier molecular flexibility index (Phi) is 10.1. The van der Waals surface area contributed by atoms with Crippen LogP contribution in [0, 0.1) is 11.8 Å². The molecular weight excluding hydrogens is 212 g/mol. The van der Waals surface area contributed by atoms with Crippen LogP contribution in [0.1, 0.15) is 72.1 Å². The zero-order chi connectivity index (χ0) is 13.1. The third-order valence-corrected chi connectivity index (χ3v) is 3.40. The molecule has 0 aliphatic rings. The summed E-state index contributed by atoms with van der Waals surface area (Å²) in [5.74, 6) is 1.71. The van der Waals surface area contributed by atoms with Crippen molar-refractivity contribution in [1.82, 2.24) is 0 Å². The quantitative estimate of drug-likeness (QED) is 0.508. The lowest BCUT2D eigenvalue weighted by Gasteiger charge is -2.13. The van der Waals surface area contributed by atoms with Crippen molar-refractivity contribution in [3.63, 3.8) is 0 Å². The van der Waals surface area contributed by atoms with Crippen LogP contribution in [0.15, 0.2) is 0 Å². The Labute approximate surface area is 106 Å². The summed E-state index contributed by atoms with van der Waals surface area (Å²) in [4.78, 5) is 21.0. The summed E-state index contributed by atoms with van der Waals surface area (Å²) in [6.45, 7) is 6.17. The molecule has 0 saturated heterocycles. The maximum Gasteiger partial charge on any atom is 0.129 e. The molecule has 2 unspecified atom stereocenters. The van der Waals surface area contributed by atoms with E-state index in [1.165, 1.54) is 25.7 Å². The SMILES string of the molecule is CC(=O)CCCC(C)CCCC(C)CCC=O. The monoisotopic (exact) mass is 240 g/mol. The van der Waals surface area contributed by atoms with Gasteiger partial charge in [0.1, 0.15) is 12.1 Å². The minimum atomic E-state index is 0.305. The van der Waals surface area contributed by atoms with Gasteiger partial charge in [0.05, 0.1) is 0 Å². The number of hydrogen-bond acceptors (Lipinski definition) is 2. The van der Waals surface area contributed by atoms with Crippen molar-refractivity contribution in [2.24, 2.45) is 11.8 Å². The van der Waals surface area contributed by atoms with Crippen LogP contribution in [0.25, 0.3) is 0 Å². The molecule has 0 aromatic heterocycles. The van der Waals surface area contributed by atoms with Gasteiger partial charge in [-0.1, -0.05) is 39.5 Å². The molecule has 0 aromatic carbocycles. The normalized spacial score (nSPS) is 14.3. The predicted octanol–water partition coefficient (Wildman–Crippen LogP) is 4.17. The second kappa shape index (κ2) is 10.5. The third kappa shape index (κ3) is 11.6.